The summed E-state index contributed by atoms with van der Waals surface area (Å²) in [6, 6.07) is 3.11. The lowest BCUT2D eigenvalue weighted by Crippen LogP contribution is -2.39. The number of aliphatic hydroxyl groups is 1. The number of hydrogen-bond donors (Lipinski definition) is 3. The number of hydrogen-bond acceptors (Lipinski definition) is 4. The van der Waals surface area contributed by atoms with E-state index in [1.807, 2.05) is 5.32 Å². The highest BCUT2D eigenvalue weighted by Crippen LogP contribution is 2.09. The van der Waals surface area contributed by atoms with Crippen molar-refractivity contribution in [2.75, 3.05) is 18.9 Å². The molecular formula is C10H13F2N3O2. The van der Waals surface area contributed by atoms with Crippen molar-refractivity contribution in [3.05, 3.63) is 24.0 Å². The van der Waals surface area contributed by atoms with Crippen molar-refractivity contribution in [2.24, 2.45) is 0 Å². The van der Waals surface area contributed by atoms with E-state index < -0.39 is 25.0 Å². The van der Waals surface area contributed by atoms with Crippen molar-refractivity contribution < 1.29 is 18.7 Å². The number of pyridine rings is 1. The molecule has 0 saturated heterocycles. The molecule has 0 aliphatic heterocycles. The summed E-state index contributed by atoms with van der Waals surface area (Å²) in [6.07, 6.45) is 1.27. The van der Waals surface area contributed by atoms with Gasteiger partial charge in [-0.3, -0.25) is 9.78 Å². The minimum atomic E-state index is -3.30. The van der Waals surface area contributed by atoms with Gasteiger partial charge in [-0.05, 0) is 12.1 Å². The Bertz CT molecular complexity index is 382. The zero-order valence-corrected chi connectivity index (χ0v) is 8.99. The number of nitrogens with zero attached hydrogens (tertiary/aromatic N) is 1. The number of anilines is 1. The van der Waals surface area contributed by atoms with Crippen LogP contribution >= 0.6 is 0 Å². The van der Waals surface area contributed by atoms with Crippen molar-refractivity contribution in [1.29, 1.82) is 0 Å². The van der Waals surface area contributed by atoms with E-state index in [4.69, 9.17) is 10.8 Å². The Morgan fingerprint density at radius 2 is 2.24 bits per heavy atom. The van der Waals surface area contributed by atoms with Crippen molar-refractivity contribution in [3.63, 3.8) is 0 Å². The van der Waals surface area contributed by atoms with Gasteiger partial charge in [0.25, 0.3) is 5.92 Å². The molecule has 1 aromatic heterocycles. The standard InChI is InChI=1S/C10H13F2N3O2/c11-10(12,6-16)5-15-9(17)3-8-2-1-7(13)4-14-8/h1-2,4,16H,3,5-6,13H2,(H,15,17). The molecule has 1 amide bonds. The van der Waals surface area contributed by atoms with Crippen LogP contribution in [0.5, 0.6) is 0 Å². The van der Waals surface area contributed by atoms with Crippen molar-refractivity contribution in [2.45, 2.75) is 12.3 Å². The molecular weight excluding hydrogens is 232 g/mol. The summed E-state index contributed by atoms with van der Waals surface area (Å²) in [5, 5.41) is 10.3. The summed E-state index contributed by atoms with van der Waals surface area (Å²) in [7, 11) is 0. The van der Waals surface area contributed by atoms with Gasteiger partial charge in [0.1, 0.15) is 6.61 Å². The Balaban J connectivity index is 2.42. The van der Waals surface area contributed by atoms with Crippen LogP contribution in [0.4, 0.5) is 14.5 Å². The number of amides is 1. The predicted octanol–water partition coefficient (Wildman–Crippen LogP) is -0.0499. The first-order chi connectivity index (χ1) is 7.93. The number of nitrogens with one attached hydrogen (secondary N) is 1. The number of nitrogen functional groups attached to an aromatic ring is 1. The third-order valence-electron chi connectivity index (χ3n) is 1.96. The summed E-state index contributed by atoms with van der Waals surface area (Å²) in [6.45, 7) is -2.19. The van der Waals surface area contributed by atoms with Gasteiger partial charge in [0.15, 0.2) is 0 Å². The highest BCUT2D eigenvalue weighted by atomic mass is 19.3. The zero-order valence-electron chi connectivity index (χ0n) is 8.99. The van der Waals surface area contributed by atoms with Crippen LogP contribution in [0.3, 0.4) is 0 Å². The first-order valence-corrected chi connectivity index (χ1v) is 4.89. The number of carbonyl (C=O) groups is 1. The van der Waals surface area contributed by atoms with Gasteiger partial charge in [-0.25, -0.2) is 8.78 Å². The molecule has 0 saturated carbocycles. The lowest BCUT2D eigenvalue weighted by atomic mass is 10.2. The van der Waals surface area contributed by atoms with Crippen molar-refractivity contribution in [3.8, 4) is 0 Å². The normalized spacial score (nSPS) is 11.2. The van der Waals surface area contributed by atoms with Crippen LogP contribution in [0.2, 0.25) is 0 Å². The molecule has 0 aliphatic rings. The van der Waals surface area contributed by atoms with E-state index in [2.05, 4.69) is 4.98 Å². The number of aromatic nitrogens is 1. The minimum Gasteiger partial charge on any atom is -0.397 e. The van der Waals surface area contributed by atoms with Gasteiger partial charge >= 0.3 is 0 Å². The molecule has 94 valence electrons. The van der Waals surface area contributed by atoms with E-state index in [0.717, 1.165) is 0 Å². The number of nitrogens with two attached hydrogens (primary N) is 1. The maximum atomic E-state index is 12.6. The smallest absolute Gasteiger partial charge is 0.287 e. The maximum Gasteiger partial charge on any atom is 0.287 e. The number of aliphatic hydroxyl groups excluding tert-OH is 1. The summed E-state index contributed by atoms with van der Waals surface area (Å²) >= 11 is 0. The minimum absolute atomic E-state index is 0.109. The van der Waals surface area contributed by atoms with Gasteiger partial charge in [-0.1, -0.05) is 0 Å². The maximum absolute atomic E-state index is 12.6. The van der Waals surface area contributed by atoms with Crippen LogP contribution in [0.1, 0.15) is 5.69 Å². The van der Waals surface area contributed by atoms with E-state index in [0.29, 0.717) is 11.4 Å². The second-order valence-corrected chi connectivity index (χ2v) is 3.55. The van der Waals surface area contributed by atoms with Gasteiger partial charge in [-0.2, -0.15) is 0 Å². The number of alkyl halides is 2. The summed E-state index contributed by atoms with van der Waals surface area (Å²) in [5.41, 5.74) is 6.29. The largest absolute Gasteiger partial charge is 0.397 e. The molecule has 1 heterocycles. The quantitative estimate of drug-likeness (QED) is 0.678. The molecule has 0 unspecified atom stereocenters. The fourth-order valence-electron chi connectivity index (χ4n) is 1.05. The predicted molar refractivity (Wildman–Crippen MR) is 57.4 cm³/mol. The van der Waals surface area contributed by atoms with E-state index in [-0.39, 0.29) is 6.42 Å². The zero-order chi connectivity index (χ0) is 12.9. The average molecular weight is 245 g/mol. The highest BCUT2D eigenvalue weighted by Gasteiger charge is 2.28. The summed E-state index contributed by atoms with van der Waals surface area (Å²) < 4.78 is 25.2. The second-order valence-electron chi connectivity index (χ2n) is 3.55. The number of halogens is 2. The van der Waals surface area contributed by atoms with Crippen LogP contribution in [0.15, 0.2) is 18.3 Å². The average Bonchev–Trinajstić information content (AvgIpc) is 2.30. The van der Waals surface area contributed by atoms with Crippen LogP contribution in [-0.4, -0.2) is 35.1 Å². The first kappa shape index (κ1) is 13.3. The molecule has 0 aromatic carbocycles. The highest BCUT2D eigenvalue weighted by molar-refractivity contribution is 5.78. The third-order valence-corrected chi connectivity index (χ3v) is 1.96. The van der Waals surface area contributed by atoms with E-state index in [9.17, 15) is 13.6 Å². The molecule has 1 aromatic rings. The topological polar surface area (TPSA) is 88.2 Å². The number of carbonyl (C=O) groups excluding carboxylic acids is 1. The van der Waals surface area contributed by atoms with Gasteiger partial charge in [0.05, 0.1) is 24.8 Å². The van der Waals surface area contributed by atoms with Gasteiger partial charge in [0.2, 0.25) is 5.91 Å². The molecule has 17 heavy (non-hydrogen) atoms. The molecule has 0 radical (unpaired) electrons. The van der Waals surface area contributed by atoms with Crippen molar-refractivity contribution in [1.82, 2.24) is 10.3 Å². The molecule has 7 heteroatoms. The van der Waals surface area contributed by atoms with Crippen LogP contribution < -0.4 is 11.1 Å². The van der Waals surface area contributed by atoms with Crippen LogP contribution in [-0.2, 0) is 11.2 Å². The van der Waals surface area contributed by atoms with E-state index >= 15 is 0 Å². The lowest BCUT2D eigenvalue weighted by molar-refractivity contribution is -0.123. The van der Waals surface area contributed by atoms with E-state index in [1.54, 1.807) is 12.1 Å². The Morgan fingerprint density at radius 3 is 2.76 bits per heavy atom. The van der Waals surface area contributed by atoms with E-state index in [1.165, 1.54) is 6.20 Å². The summed E-state index contributed by atoms with van der Waals surface area (Å²) in [5.74, 6) is -3.89. The monoisotopic (exact) mass is 245 g/mol. The number of rotatable bonds is 5. The Hall–Kier alpha value is -1.76. The molecule has 0 atom stereocenters. The Kier molecular flexibility index (Phi) is 4.33. The molecule has 0 fully saturated rings. The Morgan fingerprint density at radius 1 is 1.53 bits per heavy atom. The molecule has 0 aliphatic carbocycles. The molecule has 1 rings (SSSR count). The fourth-order valence-corrected chi connectivity index (χ4v) is 1.05. The van der Waals surface area contributed by atoms with Gasteiger partial charge in [0, 0.05) is 5.69 Å². The summed E-state index contributed by atoms with van der Waals surface area (Å²) in [4.78, 5) is 15.1. The van der Waals surface area contributed by atoms with Crippen molar-refractivity contribution >= 4 is 11.6 Å². The lowest BCUT2D eigenvalue weighted by Gasteiger charge is -2.13. The fraction of sp³-hybridized carbons (Fsp3) is 0.400. The first-order valence-electron chi connectivity index (χ1n) is 4.89. The molecule has 4 N–H and O–H groups in total. The second kappa shape index (κ2) is 5.53. The Labute approximate surface area is 96.7 Å². The van der Waals surface area contributed by atoms with Gasteiger partial charge in [-0.15, -0.1) is 0 Å². The molecule has 0 spiro atoms. The third kappa shape index (κ3) is 4.73. The molecule has 0 bridgehead atoms. The SMILES string of the molecule is Nc1ccc(CC(=O)NCC(F)(F)CO)nc1. The molecule has 5 nitrogen and oxygen atoms in total. The van der Waals surface area contributed by atoms with Gasteiger partial charge < -0.3 is 16.2 Å². The van der Waals surface area contributed by atoms with Crippen LogP contribution in [0, 0.1) is 0 Å². The van der Waals surface area contributed by atoms with Crippen LogP contribution in [0.25, 0.3) is 0 Å².